The first kappa shape index (κ1) is 20.9. The molecule has 9 heteroatoms. The number of carbonyl (C=O) groups excluding carboxylic acids is 1. The van der Waals surface area contributed by atoms with Crippen LogP contribution in [0.2, 0.25) is 0 Å². The number of carbonyl (C=O) groups is 1. The molecular weight excluding hydrogens is 361 g/mol. The summed E-state index contributed by atoms with van der Waals surface area (Å²) in [6, 6.07) is 5.34. The van der Waals surface area contributed by atoms with Crippen molar-refractivity contribution in [3.8, 4) is 0 Å². The van der Waals surface area contributed by atoms with Gasteiger partial charge in [-0.3, -0.25) is 14.9 Å². The van der Waals surface area contributed by atoms with Crippen molar-refractivity contribution in [3.63, 3.8) is 0 Å². The number of rotatable bonds is 9. The lowest BCUT2D eigenvalue weighted by Gasteiger charge is -2.23. The third-order valence-electron chi connectivity index (χ3n) is 4.07. The van der Waals surface area contributed by atoms with Gasteiger partial charge in [0.05, 0.1) is 23.9 Å². The number of unbranched alkanes of at least 4 members (excludes halogenated alkanes) is 1. The first-order chi connectivity index (χ1) is 12.8. The largest absolute Gasteiger partial charge is 0.401 e. The summed E-state index contributed by atoms with van der Waals surface area (Å²) >= 11 is 0. The predicted octanol–water partition coefficient (Wildman–Crippen LogP) is 3.22. The monoisotopic (exact) mass is 384 g/mol. The van der Waals surface area contributed by atoms with E-state index in [0.29, 0.717) is 18.6 Å². The van der Waals surface area contributed by atoms with E-state index in [9.17, 15) is 18.0 Å². The molecule has 0 unspecified atom stereocenters. The van der Waals surface area contributed by atoms with Crippen LogP contribution in [0.5, 0.6) is 0 Å². The van der Waals surface area contributed by atoms with Gasteiger partial charge in [0.1, 0.15) is 0 Å². The average Bonchev–Trinajstić information content (AvgIpc) is 3.03. The van der Waals surface area contributed by atoms with Crippen molar-refractivity contribution in [3.05, 3.63) is 36.2 Å². The highest BCUT2D eigenvalue weighted by molar-refractivity contribution is 5.91. The molecule has 1 heterocycles. The minimum atomic E-state index is -4.22. The van der Waals surface area contributed by atoms with Gasteiger partial charge < -0.3 is 4.57 Å². The van der Waals surface area contributed by atoms with Gasteiger partial charge in [-0.15, -0.1) is 0 Å². The Labute approximate surface area is 155 Å². The van der Waals surface area contributed by atoms with E-state index in [-0.39, 0.29) is 6.54 Å². The summed E-state index contributed by atoms with van der Waals surface area (Å²) in [6.45, 7) is 2.12. The molecule has 1 amide bonds. The molecule has 0 bridgehead atoms. The summed E-state index contributed by atoms with van der Waals surface area (Å²) in [5.74, 6) is -0.641. The van der Waals surface area contributed by atoms with Crippen LogP contribution in [-0.2, 0) is 11.3 Å². The van der Waals surface area contributed by atoms with Crippen molar-refractivity contribution in [1.82, 2.24) is 19.9 Å². The van der Waals surface area contributed by atoms with Gasteiger partial charge in [0.15, 0.2) is 0 Å². The van der Waals surface area contributed by atoms with E-state index in [2.05, 4.69) is 4.98 Å². The van der Waals surface area contributed by atoms with Gasteiger partial charge in [-0.2, -0.15) is 13.2 Å². The van der Waals surface area contributed by atoms with Gasteiger partial charge in [0.2, 0.25) is 0 Å². The number of aromatic nitrogens is 2. The standard InChI is InChI=1S/C18H23F3N4O2/c1-2-3-8-24(12-18(19,20)21)9-10-25-13-22-15-11-14(4-6-16(15)25)5-7-17(26)23-27/h4-7,11,13,27H,2-3,8-10,12H2,1H3,(H,23,26). The van der Waals surface area contributed by atoms with Gasteiger partial charge in [0, 0.05) is 19.2 Å². The molecule has 1 aromatic carbocycles. The van der Waals surface area contributed by atoms with Crippen LogP contribution in [0.4, 0.5) is 13.2 Å². The fourth-order valence-electron chi connectivity index (χ4n) is 2.73. The SMILES string of the molecule is CCCCN(CCn1cnc2cc(C=CC(=O)NO)ccc21)CC(F)(F)F. The van der Waals surface area contributed by atoms with Crippen LogP contribution in [0.15, 0.2) is 30.6 Å². The zero-order valence-corrected chi connectivity index (χ0v) is 15.0. The van der Waals surface area contributed by atoms with E-state index in [4.69, 9.17) is 5.21 Å². The normalized spacial score (nSPS) is 12.4. The van der Waals surface area contributed by atoms with E-state index in [0.717, 1.165) is 23.9 Å². The van der Waals surface area contributed by atoms with E-state index < -0.39 is 18.6 Å². The molecule has 0 saturated carbocycles. The zero-order chi connectivity index (χ0) is 19.9. The second-order valence-corrected chi connectivity index (χ2v) is 6.24. The molecular formula is C18H23F3N4O2. The van der Waals surface area contributed by atoms with Crippen molar-refractivity contribution in [1.29, 1.82) is 0 Å². The van der Waals surface area contributed by atoms with E-state index in [1.165, 1.54) is 22.5 Å². The topological polar surface area (TPSA) is 70.4 Å². The Morgan fingerprint density at radius 1 is 1.37 bits per heavy atom. The van der Waals surface area contributed by atoms with Crippen LogP contribution in [0, 0.1) is 0 Å². The summed E-state index contributed by atoms with van der Waals surface area (Å²) in [5, 5.41) is 8.48. The number of hydrogen-bond donors (Lipinski definition) is 2. The van der Waals surface area contributed by atoms with Crippen LogP contribution in [0.3, 0.4) is 0 Å². The number of amides is 1. The highest BCUT2D eigenvalue weighted by atomic mass is 19.4. The highest BCUT2D eigenvalue weighted by Crippen LogP contribution is 2.19. The maximum Gasteiger partial charge on any atom is 0.401 e. The van der Waals surface area contributed by atoms with Gasteiger partial charge >= 0.3 is 6.18 Å². The molecule has 0 aliphatic rings. The first-order valence-electron chi connectivity index (χ1n) is 8.68. The number of halogens is 3. The Balaban J connectivity index is 2.07. The second-order valence-electron chi connectivity index (χ2n) is 6.24. The van der Waals surface area contributed by atoms with Gasteiger partial charge in [-0.1, -0.05) is 19.4 Å². The minimum Gasteiger partial charge on any atom is -0.329 e. The van der Waals surface area contributed by atoms with Crippen molar-refractivity contribution in [2.24, 2.45) is 0 Å². The number of imidazole rings is 1. The van der Waals surface area contributed by atoms with E-state index in [1.54, 1.807) is 24.5 Å². The molecule has 6 nitrogen and oxygen atoms in total. The molecule has 0 aliphatic carbocycles. The maximum absolute atomic E-state index is 12.7. The Bertz CT molecular complexity index is 786. The Morgan fingerprint density at radius 2 is 2.15 bits per heavy atom. The predicted molar refractivity (Wildman–Crippen MR) is 96.1 cm³/mol. The second kappa shape index (κ2) is 9.52. The molecule has 0 spiro atoms. The molecule has 2 N–H and O–H groups in total. The number of alkyl halides is 3. The van der Waals surface area contributed by atoms with Crippen molar-refractivity contribution in [2.45, 2.75) is 32.5 Å². The molecule has 2 aromatic rings. The highest BCUT2D eigenvalue weighted by Gasteiger charge is 2.30. The lowest BCUT2D eigenvalue weighted by Crippen LogP contribution is -2.37. The Kier molecular flexibility index (Phi) is 7.37. The van der Waals surface area contributed by atoms with Gasteiger partial charge in [-0.25, -0.2) is 10.5 Å². The maximum atomic E-state index is 12.7. The molecule has 1 aromatic heterocycles. The number of nitrogens with one attached hydrogen (secondary N) is 1. The first-order valence-corrected chi connectivity index (χ1v) is 8.68. The van der Waals surface area contributed by atoms with Crippen molar-refractivity contribution >= 4 is 23.0 Å². The smallest absolute Gasteiger partial charge is 0.329 e. The molecule has 0 saturated heterocycles. The summed E-state index contributed by atoms with van der Waals surface area (Å²) < 4.78 is 40.0. The molecule has 0 aliphatic heterocycles. The number of nitrogens with zero attached hydrogens (tertiary/aromatic N) is 3. The lowest BCUT2D eigenvalue weighted by molar-refractivity contribution is -0.146. The molecule has 0 atom stereocenters. The van der Waals surface area contributed by atoms with E-state index in [1.807, 2.05) is 11.5 Å². The summed E-state index contributed by atoms with van der Waals surface area (Å²) in [7, 11) is 0. The summed E-state index contributed by atoms with van der Waals surface area (Å²) in [6.07, 6.45) is 1.66. The van der Waals surface area contributed by atoms with Crippen LogP contribution in [-0.4, -0.2) is 51.4 Å². The summed E-state index contributed by atoms with van der Waals surface area (Å²) in [5.41, 5.74) is 3.71. The minimum absolute atomic E-state index is 0.281. The number of fused-ring (bicyclic) bond motifs is 1. The third kappa shape index (κ3) is 6.69. The van der Waals surface area contributed by atoms with Crippen LogP contribution < -0.4 is 5.48 Å². The van der Waals surface area contributed by atoms with Crippen LogP contribution in [0.25, 0.3) is 17.1 Å². The Morgan fingerprint density at radius 3 is 2.81 bits per heavy atom. The third-order valence-corrected chi connectivity index (χ3v) is 4.07. The van der Waals surface area contributed by atoms with Crippen LogP contribution in [0.1, 0.15) is 25.3 Å². The Hall–Kier alpha value is -2.39. The van der Waals surface area contributed by atoms with Crippen molar-refractivity contribution in [2.75, 3.05) is 19.6 Å². The fourth-order valence-corrected chi connectivity index (χ4v) is 2.73. The molecule has 27 heavy (non-hydrogen) atoms. The zero-order valence-electron chi connectivity index (χ0n) is 15.0. The average molecular weight is 384 g/mol. The van der Waals surface area contributed by atoms with Gasteiger partial charge in [-0.05, 0) is 36.7 Å². The summed E-state index contributed by atoms with van der Waals surface area (Å²) in [4.78, 5) is 16.7. The van der Waals surface area contributed by atoms with Crippen LogP contribution >= 0.6 is 0 Å². The van der Waals surface area contributed by atoms with E-state index >= 15 is 0 Å². The van der Waals surface area contributed by atoms with Gasteiger partial charge in [0.25, 0.3) is 5.91 Å². The molecule has 2 rings (SSSR count). The molecule has 0 fully saturated rings. The number of benzene rings is 1. The van der Waals surface area contributed by atoms with Crippen molar-refractivity contribution < 1.29 is 23.2 Å². The molecule has 148 valence electrons. The number of hydroxylamine groups is 1. The fraction of sp³-hybridized carbons (Fsp3) is 0.444. The number of hydrogen-bond acceptors (Lipinski definition) is 4. The molecule has 0 radical (unpaired) electrons. The quantitative estimate of drug-likeness (QED) is 0.396. The lowest BCUT2D eigenvalue weighted by atomic mass is 10.2.